The Morgan fingerprint density at radius 2 is 2.06 bits per heavy atom. The summed E-state index contributed by atoms with van der Waals surface area (Å²) in [5.41, 5.74) is 2.24. The molecule has 2 aromatic heterocycles. The second kappa shape index (κ2) is 4.11. The standard InChI is InChI=1S/C11H10ClN3S/c12-9-7-3-1-2-4-8(7)14-10(15-9)11-13-5-6-16-11/h5-6H,1-4H2. The van der Waals surface area contributed by atoms with Crippen molar-refractivity contribution in [3.63, 3.8) is 0 Å². The van der Waals surface area contributed by atoms with Crippen LogP contribution in [-0.2, 0) is 12.8 Å². The Morgan fingerprint density at radius 3 is 2.88 bits per heavy atom. The Labute approximate surface area is 103 Å². The van der Waals surface area contributed by atoms with E-state index in [2.05, 4.69) is 15.0 Å². The first kappa shape index (κ1) is 10.2. The Bertz CT molecular complexity index is 510. The zero-order chi connectivity index (χ0) is 11.0. The number of fused-ring (bicyclic) bond motifs is 1. The van der Waals surface area contributed by atoms with Crippen molar-refractivity contribution in [1.82, 2.24) is 15.0 Å². The summed E-state index contributed by atoms with van der Waals surface area (Å²) in [6.45, 7) is 0. The first-order chi connectivity index (χ1) is 7.84. The van der Waals surface area contributed by atoms with Crippen LogP contribution < -0.4 is 0 Å². The van der Waals surface area contributed by atoms with Crippen LogP contribution in [0.2, 0.25) is 5.15 Å². The normalized spacial score (nSPS) is 14.8. The predicted molar refractivity (Wildman–Crippen MR) is 64.8 cm³/mol. The maximum absolute atomic E-state index is 6.19. The highest BCUT2D eigenvalue weighted by molar-refractivity contribution is 7.13. The lowest BCUT2D eigenvalue weighted by Crippen LogP contribution is -2.08. The number of nitrogens with zero attached hydrogens (tertiary/aromatic N) is 3. The van der Waals surface area contributed by atoms with E-state index in [1.165, 1.54) is 12.8 Å². The van der Waals surface area contributed by atoms with Gasteiger partial charge in [-0.3, -0.25) is 0 Å². The molecule has 2 heterocycles. The molecule has 16 heavy (non-hydrogen) atoms. The molecule has 0 N–H and O–H groups in total. The molecule has 0 amide bonds. The third-order valence-corrected chi connectivity index (χ3v) is 3.84. The molecule has 2 aromatic rings. The first-order valence-corrected chi connectivity index (χ1v) is 6.55. The molecule has 3 nitrogen and oxygen atoms in total. The Hall–Kier alpha value is -1.00. The van der Waals surface area contributed by atoms with Gasteiger partial charge in [-0.2, -0.15) is 0 Å². The number of aromatic nitrogens is 3. The van der Waals surface area contributed by atoms with E-state index in [0.29, 0.717) is 11.0 Å². The lowest BCUT2D eigenvalue weighted by atomic mass is 9.97. The van der Waals surface area contributed by atoms with E-state index >= 15 is 0 Å². The second-order valence-electron chi connectivity index (χ2n) is 3.81. The van der Waals surface area contributed by atoms with Gasteiger partial charge in [-0.15, -0.1) is 11.3 Å². The monoisotopic (exact) mass is 251 g/mol. The van der Waals surface area contributed by atoms with Crippen LogP contribution in [0.1, 0.15) is 24.1 Å². The number of hydrogen-bond acceptors (Lipinski definition) is 4. The highest BCUT2D eigenvalue weighted by Gasteiger charge is 2.17. The molecule has 0 aromatic carbocycles. The maximum Gasteiger partial charge on any atom is 0.190 e. The van der Waals surface area contributed by atoms with Crippen molar-refractivity contribution in [3.8, 4) is 10.8 Å². The van der Waals surface area contributed by atoms with Crippen LogP contribution in [0.3, 0.4) is 0 Å². The van der Waals surface area contributed by atoms with Crippen molar-refractivity contribution in [2.45, 2.75) is 25.7 Å². The largest absolute Gasteiger partial charge is 0.241 e. The van der Waals surface area contributed by atoms with Crippen molar-refractivity contribution in [2.75, 3.05) is 0 Å². The van der Waals surface area contributed by atoms with Crippen molar-refractivity contribution in [2.24, 2.45) is 0 Å². The van der Waals surface area contributed by atoms with Gasteiger partial charge in [0.05, 0.1) is 0 Å². The van der Waals surface area contributed by atoms with Gasteiger partial charge >= 0.3 is 0 Å². The fraction of sp³-hybridized carbons (Fsp3) is 0.364. The van der Waals surface area contributed by atoms with Gasteiger partial charge in [0.1, 0.15) is 5.15 Å². The minimum Gasteiger partial charge on any atom is -0.241 e. The van der Waals surface area contributed by atoms with Crippen molar-refractivity contribution >= 4 is 22.9 Å². The van der Waals surface area contributed by atoms with Gasteiger partial charge in [0.2, 0.25) is 0 Å². The van der Waals surface area contributed by atoms with E-state index in [0.717, 1.165) is 29.1 Å². The molecular weight excluding hydrogens is 242 g/mol. The molecule has 3 rings (SSSR count). The van der Waals surface area contributed by atoms with Crippen LogP contribution in [0.15, 0.2) is 11.6 Å². The van der Waals surface area contributed by atoms with Crippen LogP contribution in [-0.4, -0.2) is 15.0 Å². The number of aryl methyl sites for hydroxylation is 1. The zero-order valence-electron chi connectivity index (χ0n) is 8.61. The van der Waals surface area contributed by atoms with Gasteiger partial charge < -0.3 is 0 Å². The molecule has 0 aliphatic heterocycles. The lowest BCUT2D eigenvalue weighted by molar-refractivity contribution is 0.663. The summed E-state index contributed by atoms with van der Waals surface area (Å²) in [4.78, 5) is 13.1. The molecule has 0 unspecified atom stereocenters. The molecule has 0 radical (unpaired) electrons. The summed E-state index contributed by atoms with van der Waals surface area (Å²) in [6.07, 6.45) is 6.16. The summed E-state index contributed by atoms with van der Waals surface area (Å²) in [5.74, 6) is 0.667. The number of rotatable bonds is 1. The van der Waals surface area contributed by atoms with Gasteiger partial charge in [0, 0.05) is 22.8 Å². The topological polar surface area (TPSA) is 38.7 Å². The van der Waals surface area contributed by atoms with Gasteiger partial charge in [-0.05, 0) is 25.7 Å². The van der Waals surface area contributed by atoms with Crippen molar-refractivity contribution in [3.05, 3.63) is 28.0 Å². The summed E-state index contributed by atoms with van der Waals surface area (Å²) in [5, 5.41) is 3.37. The molecule has 0 fully saturated rings. The van der Waals surface area contributed by atoms with E-state index in [9.17, 15) is 0 Å². The van der Waals surface area contributed by atoms with Gasteiger partial charge in [0.15, 0.2) is 10.8 Å². The average molecular weight is 252 g/mol. The lowest BCUT2D eigenvalue weighted by Gasteiger charge is -2.15. The summed E-state index contributed by atoms with van der Waals surface area (Å²) in [6, 6.07) is 0. The third kappa shape index (κ3) is 1.72. The summed E-state index contributed by atoms with van der Waals surface area (Å²) in [7, 11) is 0. The first-order valence-electron chi connectivity index (χ1n) is 5.30. The van der Waals surface area contributed by atoms with Gasteiger partial charge in [-0.1, -0.05) is 11.6 Å². The Balaban J connectivity index is 2.12. The summed E-state index contributed by atoms with van der Waals surface area (Å²) < 4.78 is 0. The maximum atomic E-state index is 6.19. The highest BCUT2D eigenvalue weighted by atomic mass is 35.5. The third-order valence-electron chi connectivity index (χ3n) is 2.76. The molecule has 0 saturated heterocycles. The number of halogens is 1. The van der Waals surface area contributed by atoms with E-state index in [4.69, 9.17) is 11.6 Å². The van der Waals surface area contributed by atoms with Gasteiger partial charge in [0.25, 0.3) is 0 Å². The fourth-order valence-corrected chi connectivity index (χ4v) is 2.83. The fourth-order valence-electron chi connectivity index (χ4n) is 1.98. The average Bonchev–Trinajstić information content (AvgIpc) is 2.82. The molecule has 5 heteroatoms. The second-order valence-corrected chi connectivity index (χ2v) is 5.06. The minimum absolute atomic E-state index is 0.606. The van der Waals surface area contributed by atoms with E-state index in [-0.39, 0.29) is 0 Å². The van der Waals surface area contributed by atoms with Crippen LogP contribution in [0.5, 0.6) is 0 Å². The minimum atomic E-state index is 0.606. The van der Waals surface area contributed by atoms with E-state index < -0.39 is 0 Å². The smallest absolute Gasteiger partial charge is 0.190 e. The summed E-state index contributed by atoms with van der Waals surface area (Å²) >= 11 is 7.73. The van der Waals surface area contributed by atoms with Crippen LogP contribution >= 0.6 is 22.9 Å². The van der Waals surface area contributed by atoms with Crippen LogP contribution in [0.25, 0.3) is 10.8 Å². The molecular formula is C11H10ClN3S. The van der Waals surface area contributed by atoms with E-state index in [1.807, 2.05) is 5.38 Å². The molecule has 0 bridgehead atoms. The zero-order valence-corrected chi connectivity index (χ0v) is 10.2. The molecule has 0 spiro atoms. The van der Waals surface area contributed by atoms with Crippen molar-refractivity contribution in [1.29, 1.82) is 0 Å². The van der Waals surface area contributed by atoms with Gasteiger partial charge in [-0.25, -0.2) is 15.0 Å². The molecule has 1 aliphatic rings. The van der Waals surface area contributed by atoms with Crippen LogP contribution in [0, 0.1) is 0 Å². The van der Waals surface area contributed by atoms with Crippen molar-refractivity contribution < 1.29 is 0 Å². The number of hydrogen-bond donors (Lipinski definition) is 0. The van der Waals surface area contributed by atoms with E-state index in [1.54, 1.807) is 17.5 Å². The molecule has 0 atom stereocenters. The Kier molecular flexibility index (Phi) is 2.61. The highest BCUT2D eigenvalue weighted by Crippen LogP contribution is 2.28. The SMILES string of the molecule is Clc1nc(-c2nccs2)nc2c1CCCC2. The quantitative estimate of drug-likeness (QED) is 0.731. The molecule has 82 valence electrons. The predicted octanol–water partition coefficient (Wildman–Crippen LogP) is 3.13. The number of thiazole rings is 1. The van der Waals surface area contributed by atoms with Crippen LogP contribution in [0.4, 0.5) is 0 Å². The molecule has 1 aliphatic carbocycles. The Morgan fingerprint density at radius 1 is 1.19 bits per heavy atom. The molecule has 0 saturated carbocycles.